The minimum atomic E-state index is -1.51. The van der Waals surface area contributed by atoms with Gasteiger partial charge in [0.25, 0.3) is 11.8 Å². The SMILES string of the molecule is COc1ccc(N2C(=O)c3nc(-c4ccccc4OC)n(C(C)C)c3C23C(=O)Nc2cc(C)ccc23)cc1Cl. The Hall–Kier alpha value is -4.30. The quantitative estimate of drug-likeness (QED) is 0.336. The fraction of sp³-hybridized carbons (Fsp3) is 0.233. The number of ether oxygens (including phenoxy) is 2. The second kappa shape index (κ2) is 8.88. The molecule has 0 fully saturated rings. The molecule has 1 aromatic heterocycles. The molecule has 0 radical (unpaired) electrons. The number of para-hydroxylation sites is 1. The fourth-order valence-electron chi connectivity index (χ4n) is 5.79. The van der Waals surface area contributed by atoms with Crippen LogP contribution < -0.4 is 19.7 Å². The molecule has 3 heterocycles. The Morgan fingerprint density at radius 2 is 1.72 bits per heavy atom. The number of fused-ring (bicyclic) bond motifs is 4. The first-order valence-electron chi connectivity index (χ1n) is 12.6. The highest BCUT2D eigenvalue weighted by atomic mass is 35.5. The third-order valence-electron chi connectivity index (χ3n) is 7.39. The molecule has 0 aliphatic carbocycles. The van der Waals surface area contributed by atoms with Crippen molar-refractivity contribution < 1.29 is 19.1 Å². The predicted molar refractivity (Wildman–Crippen MR) is 150 cm³/mol. The van der Waals surface area contributed by atoms with E-state index in [4.69, 9.17) is 26.1 Å². The van der Waals surface area contributed by atoms with Gasteiger partial charge in [0.1, 0.15) is 17.3 Å². The number of nitrogens with one attached hydrogen (secondary N) is 1. The van der Waals surface area contributed by atoms with E-state index in [1.807, 2.05) is 67.8 Å². The van der Waals surface area contributed by atoms with Gasteiger partial charge in [-0.3, -0.25) is 14.5 Å². The van der Waals surface area contributed by atoms with Gasteiger partial charge in [-0.25, -0.2) is 4.98 Å². The molecule has 1 unspecified atom stereocenters. The van der Waals surface area contributed by atoms with Crippen LogP contribution in [0, 0.1) is 6.92 Å². The third-order valence-corrected chi connectivity index (χ3v) is 7.69. The highest BCUT2D eigenvalue weighted by Gasteiger charge is 2.64. The van der Waals surface area contributed by atoms with E-state index in [2.05, 4.69) is 5.32 Å². The highest BCUT2D eigenvalue weighted by Crippen LogP contribution is 2.54. The molecule has 0 bridgehead atoms. The molecule has 198 valence electrons. The lowest BCUT2D eigenvalue weighted by molar-refractivity contribution is -0.119. The van der Waals surface area contributed by atoms with E-state index >= 15 is 0 Å². The number of benzene rings is 3. The van der Waals surface area contributed by atoms with E-state index in [-0.39, 0.29) is 17.6 Å². The average molecular weight is 543 g/mol. The van der Waals surface area contributed by atoms with Gasteiger partial charge in [-0.15, -0.1) is 0 Å². The van der Waals surface area contributed by atoms with Crippen molar-refractivity contribution in [3.8, 4) is 22.9 Å². The zero-order valence-electron chi connectivity index (χ0n) is 22.2. The molecule has 2 aliphatic rings. The van der Waals surface area contributed by atoms with Crippen molar-refractivity contribution in [3.05, 3.63) is 88.2 Å². The Bertz CT molecular complexity index is 1680. The van der Waals surface area contributed by atoms with E-state index in [1.54, 1.807) is 25.3 Å². The molecular formula is C30H27ClN4O4. The number of nitrogens with zero attached hydrogens (tertiary/aromatic N) is 3. The van der Waals surface area contributed by atoms with Crippen molar-refractivity contribution in [2.75, 3.05) is 24.4 Å². The second-order valence-corrected chi connectivity index (χ2v) is 10.4. The maximum absolute atomic E-state index is 14.4. The Kier molecular flexibility index (Phi) is 5.69. The van der Waals surface area contributed by atoms with Crippen molar-refractivity contribution in [2.45, 2.75) is 32.4 Å². The van der Waals surface area contributed by atoms with Crippen LogP contribution in [0.15, 0.2) is 60.7 Å². The number of aryl methyl sites for hydroxylation is 1. The molecular weight excluding hydrogens is 516 g/mol. The van der Waals surface area contributed by atoms with Gasteiger partial charge in [-0.05, 0) is 62.7 Å². The summed E-state index contributed by atoms with van der Waals surface area (Å²) in [5.74, 6) is 0.908. The van der Waals surface area contributed by atoms with E-state index in [1.165, 1.54) is 12.0 Å². The number of carbonyl (C=O) groups excluding carboxylic acids is 2. The summed E-state index contributed by atoms with van der Waals surface area (Å²) in [7, 11) is 3.12. The summed E-state index contributed by atoms with van der Waals surface area (Å²) in [5, 5.41) is 3.38. The molecule has 4 aromatic rings. The molecule has 2 amide bonds. The van der Waals surface area contributed by atoms with Crippen LogP contribution in [0.1, 0.15) is 47.2 Å². The van der Waals surface area contributed by atoms with Gasteiger partial charge in [0.2, 0.25) is 0 Å². The number of halogens is 1. The molecule has 9 heteroatoms. The Morgan fingerprint density at radius 1 is 0.974 bits per heavy atom. The van der Waals surface area contributed by atoms with E-state index < -0.39 is 11.4 Å². The van der Waals surface area contributed by atoms with Crippen LogP contribution in [0.4, 0.5) is 11.4 Å². The lowest BCUT2D eigenvalue weighted by Gasteiger charge is -2.36. The largest absolute Gasteiger partial charge is 0.496 e. The van der Waals surface area contributed by atoms with Crippen LogP contribution >= 0.6 is 11.6 Å². The first-order valence-corrected chi connectivity index (χ1v) is 13.0. The average Bonchev–Trinajstić information content (AvgIpc) is 3.52. The molecule has 6 rings (SSSR count). The lowest BCUT2D eigenvalue weighted by Crippen LogP contribution is -2.51. The number of amides is 2. The summed E-state index contributed by atoms with van der Waals surface area (Å²) < 4.78 is 13.0. The summed E-state index contributed by atoms with van der Waals surface area (Å²) >= 11 is 6.52. The van der Waals surface area contributed by atoms with Crippen LogP contribution in [0.5, 0.6) is 11.5 Å². The first-order chi connectivity index (χ1) is 18.7. The standard InChI is InChI=1S/C30H27ClN4O4/c1-16(2)34-26-25(33-27(34)19-8-6-7-9-23(19)38-4)28(36)35(18-11-13-24(39-5)21(31)15-18)30(26)20-12-10-17(3)14-22(20)32-29(30)37/h6-16H,1-5H3,(H,32,37). The van der Waals surface area contributed by atoms with Gasteiger partial charge in [-0.1, -0.05) is 35.9 Å². The first kappa shape index (κ1) is 25.0. The van der Waals surface area contributed by atoms with Crippen LogP contribution in [-0.2, 0) is 10.3 Å². The van der Waals surface area contributed by atoms with Crippen LogP contribution in [-0.4, -0.2) is 35.6 Å². The normalized spacial score (nSPS) is 17.6. The number of aromatic nitrogens is 2. The molecule has 3 aromatic carbocycles. The predicted octanol–water partition coefficient (Wildman–Crippen LogP) is 5.97. The zero-order chi connectivity index (χ0) is 27.6. The fourth-order valence-corrected chi connectivity index (χ4v) is 6.04. The molecule has 8 nitrogen and oxygen atoms in total. The minimum absolute atomic E-state index is 0.146. The van der Waals surface area contributed by atoms with E-state index in [0.29, 0.717) is 45.0 Å². The van der Waals surface area contributed by atoms with Gasteiger partial charge in [0, 0.05) is 23.0 Å². The Labute approximate surface area is 231 Å². The third kappa shape index (κ3) is 3.34. The summed E-state index contributed by atoms with van der Waals surface area (Å²) in [5.41, 5.74) is 2.71. The summed E-state index contributed by atoms with van der Waals surface area (Å²) in [6.07, 6.45) is 0. The minimum Gasteiger partial charge on any atom is -0.496 e. The molecule has 1 N–H and O–H groups in total. The van der Waals surface area contributed by atoms with Gasteiger partial charge >= 0.3 is 0 Å². The lowest BCUT2D eigenvalue weighted by atomic mass is 9.86. The zero-order valence-corrected chi connectivity index (χ0v) is 23.0. The molecule has 2 aliphatic heterocycles. The van der Waals surface area contributed by atoms with Crippen molar-refractivity contribution in [3.63, 3.8) is 0 Å². The Balaban J connectivity index is 1.71. The van der Waals surface area contributed by atoms with E-state index in [0.717, 1.165) is 11.1 Å². The van der Waals surface area contributed by atoms with E-state index in [9.17, 15) is 9.59 Å². The van der Waals surface area contributed by atoms with Crippen molar-refractivity contribution in [2.24, 2.45) is 0 Å². The monoisotopic (exact) mass is 542 g/mol. The van der Waals surface area contributed by atoms with Gasteiger partial charge in [0.15, 0.2) is 11.2 Å². The maximum atomic E-state index is 14.4. The number of methoxy groups -OCH3 is 2. The smallest absolute Gasteiger partial charge is 0.280 e. The molecule has 39 heavy (non-hydrogen) atoms. The summed E-state index contributed by atoms with van der Waals surface area (Å²) in [4.78, 5) is 35.1. The number of carbonyl (C=O) groups is 2. The maximum Gasteiger partial charge on any atom is 0.280 e. The Morgan fingerprint density at radius 3 is 2.41 bits per heavy atom. The van der Waals surface area contributed by atoms with Crippen molar-refractivity contribution in [1.29, 1.82) is 0 Å². The molecule has 0 saturated carbocycles. The molecule has 1 spiro atoms. The molecule has 0 saturated heterocycles. The van der Waals surface area contributed by atoms with Gasteiger partial charge < -0.3 is 19.4 Å². The number of hydrogen-bond donors (Lipinski definition) is 1. The second-order valence-electron chi connectivity index (χ2n) is 9.97. The summed E-state index contributed by atoms with van der Waals surface area (Å²) in [6.45, 7) is 5.98. The van der Waals surface area contributed by atoms with Crippen molar-refractivity contribution >= 4 is 34.8 Å². The number of anilines is 2. The van der Waals surface area contributed by atoms with Gasteiger partial charge in [-0.2, -0.15) is 0 Å². The number of imidazole rings is 1. The van der Waals surface area contributed by atoms with Gasteiger partial charge in [0.05, 0.1) is 30.5 Å². The number of rotatable bonds is 5. The highest BCUT2D eigenvalue weighted by molar-refractivity contribution is 6.32. The van der Waals surface area contributed by atoms with Crippen LogP contribution in [0.2, 0.25) is 5.02 Å². The topological polar surface area (TPSA) is 85.7 Å². The summed E-state index contributed by atoms with van der Waals surface area (Å²) in [6, 6.07) is 18.2. The number of hydrogen-bond acceptors (Lipinski definition) is 5. The van der Waals surface area contributed by atoms with Crippen molar-refractivity contribution in [1.82, 2.24) is 9.55 Å². The van der Waals surface area contributed by atoms with Crippen LogP contribution in [0.3, 0.4) is 0 Å². The van der Waals surface area contributed by atoms with Crippen LogP contribution in [0.25, 0.3) is 11.4 Å². The molecule has 1 atom stereocenters.